The third-order valence-electron chi connectivity index (χ3n) is 6.40. The van der Waals surface area contributed by atoms with Gasteiger partial charge in [0.05, 0.1) is 18.2 Å². The van der Waals surface area contributed by atoms with Crippen molar-refractivity contribution in [2.45, 2.75) is 12.5 Å². The van der Waals surface area contributed by atoms with E-state index in [1.807, 2.05) is 52.7 Å². The molecule has 0 unspecified atom stereocenters. The molecule has 0 saturated carbocycles. The number of amides is 3. The van der Waals surface area contributed by atoms with Gasteiger partial charge < -0.3 is 10.2 Å². The van der Waals surface area contributed by atoms with E-state index in [-0.39, 0.29) is 24.4 Å². The number of nitrogens with one attached hydrogen (secondary N) is 2. The highest BCUT2D eigenvalue weighted by Gasteiger charge is 2.28. The molecule has 2 heterocycles. The molecule has 0 aliphatic carbocycles. The number of aromatic nitrogens is 1. The van der Waals surface area contributed by atoms with Crippen LogP contribution in [-0.2, 0) is 11.2 Å². The van der Waals surface area contributed by atoms with Crippen molar-refractivity contribution in [1.29, 1.82) is 0 Å². The number of hydrogen-bond acceptors (Lipinski definition) is 5. The molecule has 0 bridgehead atoms. The van der Waals surface area contributed by atoms with E-state index in [1.165, 1.54) is 22.5 Å². The molecule has 0 radical (unpaired) electrons. The van der Waals surface area contributed by atoms with Crippen LogP contribution in [-0.4, -0.2) is 52.9 Å². The summed E-state index contributed by atoms with van der Waals surface area (Å²) < 4.78 is 0. The van der Waals surface area contributed by atoms with E-state index in [0.29, 0.717) is 29.6 Å². The monoisotopic (exact) mass is 511 g/mol. The smallest absolute Gasteiger partial charge is 0.325 e. The molecule has 4 aromatic rings. The van der Waals surface area contributed by atoms with Crippen molar-refractivity contribution in [2.75, 3.05) is 36.8 Å². The molecule has 188 valence electrons. The van der Waals surface area contributed by atoms with Crippen LogP contribution in [0.5, 0.6) is 0 Å². The molecule has 3 aromatic carbocycles. The van der Waals surface area contributed by atoms with Crippen LogP contribution in [0.1, 0.15) is 22.9 Å². The first-order valence-electron chi connectivity index (χ1n) is 12.3. The lowest BCUT2D eigenvalue weighted by molar-refractivity contribution is -0.132. The molecule has 0 atom stereocenters. The molecule has 1 fully saturated rings. The van der Waals surface area contributed by atoms with E-state index < -0.39 is 0 Å². The SMILES string of the molecule is O=C(Nc1ccccc1)Nc1nc(CC(=O)N2CCN(C(c3ccccc3)c3ccccc3)CC2)cs1. The van der Waals surface area contributed by atoms with E-state index in [4.69, 9.17) is 0 Å². The number of carbonyl (C=O) groups excluding carboxylic acids is 2. The van der Waals surface area contributed by atoms with Gasteiger partial charge in [-0.15, -0.1) is 11.3 Å². The minimum atomic E-state index is -0.360. The molecular weight excluding hydrogens is 482 g/mol. The minimum Gasteiger partial charge on any atom is -0.340 e. The Balaban J connectivity index is 1.16. The molecule has 8 heteroatoms. The summed E-state index contributed by atoms with van der Waals surface area (Å²) in [5.74, 6) is 0.0567. The number of piperazine rings is 1. The van der Waals surface area contributed by atoms with Crippen LogP contribution < -0.4 is 10.6 Å². The van der Waals surface area contributed by atoms with Gasteiger partial charge in [-0.25, -0.2) is 9.78 Å². The first-order valence-corrected chi connectivity index (χ1v) is 13.2. The molecule has 1 aromatic heterocycles. The number of benzene rings is 3. The molecule has 37 heavy (non-hydrogen) atoms. The van der Waals surface area contributed by atoms with Gasteiger partial charge in [-0.1, -0.05) is 78.9 Å². The molecule has 1 aliphatic heterocycles. The zero-order chi connectivity index (χ0) is 25.5. The molecule has 3 amide bonds. The predicted octanol–water partition coefficient (Wildman–Crippen LogP) is 5.26. The zero-order valence-electron chi connectivity index (χ0n) is 20.4. The Hall–Kier alpha value is -4.01. The van der Waals surface area contributed by atoms with E-state index in [2.05, 4.69) is 69.0 Å². The average Bonchev–Trinajstić information content (AvgIpc) is 3.37. The fraction of sp³-hybridized carbons (Fsp3) is 0.207. The number of hydrogen-bond donors (Lipinski definition) is 2. The predicted molar refractivity (Wildman–Crippen MR) is 148 cm³/mol. The summed E-state index contributed by atoms with van der Waals surface area (Å²) in [5.41, 5.74) is 3.88. The third-order valence-corrected chi connectivity index (χ3v) is 7.21. The van der Waals surface area contributed by atoms with Crippen LogP contribution in [0.3, 0.4) is 0 Å². The number of thiazole rings is 1. The lowest BCUT2D eigenvalue weighted by Crippen LogP contribution is -2.50. The maximum Gasteiger partial charge on any atom is 0.325 e. The Morgan fingerprint density at radius 1 is 0.784 bits per heavy atom. The quantitative estimate of drug-likeness (QED) is 0.355. The summed E-state index contributed by atoms with van der Waals surface area (Å²) in [6, 6.07) is 30.1. The number of carbonyl (C=O) groups is 2. The van der Waals surface area contributed by atoms with E-state index in [9.17, 15) is 9.59 Å². The van der Waals surface area contributed by atoms with Crippen LogP contribution in [0.15, 0.2) is 96.4 Å². The molecule has 7 nitrogen and oxygen atoms in total. The van der Waals surface area contributed by atoms with Crippen molar-refractivity contribution in [3.63, 3.8) is 0 Å². The van der Waals surface area contributed by atoms with Crippen LogP contribution in [0.4, 0.5) is 15.6 Å². The van der Waals surface area contributed by atoms with Gasteiger partial charge in [0.1, 0.15) is 0 Å². The minimum absolute atomic E-state index is 0.0567. The van der Waals surface area contributed by atoms with E-state index in [1.54, 1.807) is 0 Å². The highest BCUT2D eigenvalue weighted by molar-refractivity contribution is 7.14. The van der Waals surface area contributed by atoms with E-state index in [0.717, 1.165) is 13.1 Å². The van der Waals surface area contributed by atoms with Crippen molar-refractivity contribution in [3.8, 4) is 0 Å². The van der Waals surface area contributed by atoms with Gasteiger partial charge in [-0.3, -0.25) is 15.0 Å². The van der Waals surface area contributed by atoms with Crippen molar-refractivity contribution >= 4 is 34.1 Å². The second kappa shape index (κ2) is 11.8. The van der Waals surface area contributed by atoms with Crippen LogP contribution in [0, 0.1) is 0 Å². The Kier molecular flexibility index (Phi) is 7.88. The lowest BCUT2D eigenvalue weighted by Gasteiger charge is -2.39. The van der Waals surface area contributed by atoms with Gasteiger partial charge in [0.2, 0.25) is 5.91 Å². The molecular formula is C29H29N5O2S. The second-order valence-corrected chi connectivity index (χ2v) is 9.76. The topological polar surface area (TPSA) is 77.6 Å². The normalized spacial score (nSPS) is 13.9. The standard InChI is InChI=1S/C29H29N5O2S/c35-26(20-25-21-37-29(31-25)32-28(36)30-24-14-8-3-9-15-24)33-16-18-34(19-17-33)27(22-10-4-1-5-11-22)23-12-6-2-7-13-23/h1-15,21,27H,16-20H2,(H2,30,31,32,36). The summed E-state index contributed by atoms with van der Waals surface area (Å²) in [5, 5.41) is 7.80. The average molecular weight is 512 g/mol. The summed E-state index contributed by atoms with van der Waals surface area (Å²) in [4.78, 5) is 34.0. The Bertz CT molecular complexity index is 1270. The molecule has 2 N–H and O–H groups in total. The fourth-order valence-corrected chi connectivity index (χ4v) is 5.31. The van der Waals surface area contributed by atoms with Crippen molar-refractivity contribution in [1.82, 2.24) is 14.8 Å². The maximum absolute atomic E-state index is 13.0. The summed E-state index contributed by atoms with van der Waals surface area (Å²) in [6.07, 6.45) is 0.222. The number of para-hydroxylation sites is 1. The summed E-state index contributed by atoms with van der Waals surface area (Å²) in [7, 11) is 0. The van der Waals surface area contributed by atoms with Gasteiger partial charge >= 0.3 is 6.03 Å². The van der Waals surface area contributed by atoms with Crippen molar-refractivity contribution < 1.29 is 9.59 Å². The molecule has 1 aliphatic rings. The highest BCUT2D eigenvalue weighted by Crippen LogP contribution is 2.29. The number of rotatable bonds is 7. The van der Waals surface area contributed by atoms with Crippen molar-refractivity contribution in [2.24, 2.45) is 0 Å². The van der Waals surface area contributed by atoms with Gasteiger partial charge in [-0.2, -0.15) is 0 Å². The van der Waals surface area contributed by atoms with Crippen LogP contribution in [0.25, 0.3) is 0 Å². The Labute approximate surface area is 220 Å². The van der Waals surface area contributed by atoms with Gasteiger partial charge in [-0.05, 0) is 23.3 Å². The number of nitrogens with zero attached hydrogens (tertiary/aromatic N) is 3. The largest absolute Gasteiger partial charge is 0.340 e. The Morgan fingerprint density at radius 3 is 1.95 bits per heavy atom. The molecule has 1 saturated heterocycles. The lowest BCUT2D eigenvalue weighted by atomic mass is 9.96. The summed E-state index contributed by atoms with van der Waals surface area (Å²) >= 11 is 1.31. The van der Waals surface area contributed by atoms with Gasteiger partial charge in [0, 0.05) is 37.2 Å². The van der Waals surface area contributed by atoms with Gasteiger partial charge in [0.25, 0.3) is 0 Å². The van der Waals surface area contributed by atoms with Crippen LogP contribution >= 0.6 is 11.3 Å². The Morgan fingerprint density at radius 2 is 1.35 bits per heavy atom. The van der Waals surface area contributed by atoms with Crippen molar-refractivity contribution in [3.05, 3.63) is 113 Å². The number of urea groups is 1. The maximum atomic E-state index is 13.0. The first-order chi connectivity index (χ1) is 18.2. The molecule has 0 spiro atoms. The van der Waals surface area contributed by atoms with E-state index >= 15 is 0 Å². The zero-order valence-corrected chi connectivity index (χ0v) is 21.2. The first kappa shape index (κ1) is 24.7. The third kappa shape index (κ3) is 6.41. The fourth-order valence-electron chi connectivity index (χ4n) is 4.61. The van der Waals surface area contributed by atoms with Crippen LogP contribution in [0.2, 0.25) is 0 Å². The number of anilines is 2. The highest BCUT2D eigenvalue weighted by atomic mass is 32.1. The summed E-state index contributed by atoms with van der Waals surface area (Å²) in [6.45, 7) is 2.93. The van der Waals surface area contributed by atoms with Gasteiger partial charge in [0.15, 0.2) is 5.13 Å². The second-order valence-electron chi connectivity index (χ2n) is 8.91. The molecule has 5 rings (SSSR count).